The number of carbonyl (C=O) groups excluding carboxylic acids is 6. The van der Waals surface area contributed by atoms with Gasteiger partial charge in [0.15, 0.2) is 0 Å². The van der Waals surface area contributed by atoms with Crippen molar-refractivity contribution in [3.8, 4) is 0 Å². The Hall–Kier alpha value is -4.04. The van der Waals surface area contributed by atoms with Gasteiger partial charge in [0.05, 0.1) is 6.20 Å². The molecule has 1 aromatic rings. The smallest absolute Gasteiger partial charge is 0.287 e. The topological polar surface area (TPSA) is 194 Å². The second-order valence-electron chi connectivity index (χ2n) is 16.5. The van der Waals surface area contributed by atoms with Gasteiger partial charge in [-0.25, -0.2) is 13.8 Å². The summed E-state index contributed by atoms with van der Waals surface area (Å²) in [4.78, 5) is 89.8. The third-order valence-corrected chi connectivity index (χ3v) is 12.6. The number of alkyl halides is 2. The lowest BCUT2D eigenvalue weighted by Crippen LogP contribution is -2.62. The number of primary amides is 1. The Labute approximate surface area is 297 Å². The average Bonchev–Trinajstić information content (AvgIpc) is 3.27. The summed E-state index contributed by atoms with van der Waals surface area (Å²) in [5.41, 5.74) is 3.48. The Morgan fingerprint density at radius 1 is 0.961 bits per heavy atom. The van der Waals surface area contributed by atoms with Gasteiger partial charge in [0, 0.05) is 30.8 Å². The molecule has 4 fully saturated rings. The van der Waals surface area contributed by atoms with Crippen LogP contribution >= 0.6 is 0 Å². The van der Waals surface area contributed by atoms with Gasteiger partial charge in [0.25, 0.3) is 11.8 Å². The molecule has 5 atom stereocenters. The van der Waals surface area contributed by atoms with Crippen LogP contribution in [0.4, 0.5) is 8.78 Å². The number of likely N-dealkylation sites (tertiary alicyclic amines) is 1. The lowest BCUT2D eigenvalue weighted by Gasteiger charge is -2.38. The maximum absolute atomic E-state index is 14.8. The quantitative estimate of drug-likeness (QED) is 0.237. The lowest BCUT2D eigenvalue weighted by molar-refractivity contribution is -0.145. The number of rotatable bonds is 12. The van der Waals surface area contributed by atoms with Crippen LogP contribution in [-0.4, -0.2) is 87.3 Å². The number of Topliss-reactive ketones (excluding diaryl/α,β-unsaturated/α-hetero) is 1. The third kappa shape index (κ3) is 6.96. The van der Waals surface area contributed by atoms with E-state index in [1.54, 1.807) is 20.8 Å². The van der Waals surface area contributed by atoms with Gasteiger partial charge >= 0.3 is 0 Å². The highest BCUT2D eigenvalue weighted by Crippen LogP contribution is 2.88. The molecule has 15 heteroatoms. The number of fused-ring (bicyclic) bond motifs is 1. The molecule has 0 bridgehead atoms. The first-order chi connectivity index (χ1) is 23.9. The van der Waals surface area contributed by atoms with Crippen molar-refractivity contribution in [3.05, 3.63) is 24.3 Å². The fourth-order valence-corrected chi connectivity index (χ4v) is 9.46. The van der Waals surface area contributed by atoms with Gasteiger partial charge in [0.1, 0.15) is 29.9 Å². The molecule has 0 aromatic carbocycles. The van der Waals surface area contributed by atoms with Crippen molar-refractivity contribution in [2.75, 3.05) is 6.54 Å². The lowest BCUT2D eigenvalue weighted by atomic mass is 9.73. The standard InChI is InChI=1S/C36H51F2N7O6/c1-33(2,3)27(44-31(50)25(20-10-7-6-8-11-20)43-29(48)22-18-40-14-15-41-22)32(51)45-19-36(34(4,5)35(36)12-9-13-35)17-23(45)30(49)42-21(16-24(37)38)26(46)28(39)47/h14-15,18,20-21,23-25,27H,6-13,16-17,19H2,1-5H3,(H2,39,47)(H,42,49)(H,43,48)(H,44,50)/t21?,23-,25-,27?,36?/m0/s1. The molecule has 2 heterocycles. The number of aromatic nitrogens is 2. The van der Waals surface area contributed by atoms with Crippen LogP contribution in [-0.2, 0) is 24.0 Å². The maximum atomic E-state index is 14.8. The van der Waals surface area contributed by atoms with Gasteiger partial charge in [-0.1, -0.05) is 60.3 Å². The molecule has 1 aliphatic heterocycles. The van der Waals surface area contributed by atoms with E-state index in [-0.39, 0.29) is 35.4 Å². The molecule has 3 unspecified atom stereocenters. The molecule has 51 heavy (non-hydrogen) atoms. The summed E-state index contributed by atoms with van der Waals surface area (Å²) in [6.45, 7) is 9.76. The van der Waals surface area contributed by atoms with E-state index in [2.05, 4.69) is 39.8 Å². The highest BCUT2D eigenvalue weighted by molar-refractivity contribution is 6.37. The summed E-state index contributed by atoms with van der Waals surface area (Å²) in [5.74, 6) is -5.50. The summed E-state index contributed by atoms with van der Waals surface area (Å²) in [5, 5.41) is 8.10. The molecule has 2 spiro atoms. The van der Waals surface area contributed by atoms with Gasteiger partial charge < -0.3 is 26.6 Å². The minimum absolute atomic E-state index is 0.0442. The summed E-state index contributed by atoms with van der Waals surface area (Å²) >= 11 is 0. The van der Waals surface area contributed by atoms with Crippen molar-refractivity contribution < 1.29 is 37.5 Å². The number of carbonyl (C=O) groups is 6. The Morgan fingerprint density at radius 3 is 2.14 bits per heavy atom. The molecule has 5 rings (SSSR count). The van der Waals surface area contributed by atoms with Crippen LogP contribution in [0.25, 0.3) is 0 Å². The monoisotopic (exact) mass is 715 g/mol. The minimum Gasteiger partial charge on any atom is -0.363 e. The van der Waals surface area contributed by atoms with Gasteiger partial charge in [-0.2, -0.15) is 0 Å². The maximum Gasteiger partial charge on any atom is 0.287 e. The zero-order valence-electron chi connectivity index (χ0n) is 30.1. The van der Waals surface area contributed by atoms with E-state index in [0.717, 1.165) is 38.5 Å². The van der Waals surface area contributed by atoms with Gasteiger partial charge in [-0.15, -0.1) is 0 Å². The molecule has 1 saturated heterocycles. The van der Waals surface area contributed by atoms with Crippen LogP contribution in [0.2, 0.25) is 0 Å². The molecule has 3 aliphatic carbocycles. The van der Waals surface area contributed by atoms with Crippen molar-refractivity contribution in [2.45, 2.75) is 129 Å². The third-order valence-electron chi connectivity index (χ3n) is 12.6. The molecule has 0 radical (unpaired) electrons. The molecule has 5 amide bonds. The van der Waals surface area contributed by atoms with Crippen molar-refractivity contribution in [2.24, 2.45) is 33.3 Å². The Balaban J connectivity index is 1.44. The average molecular weight is 716 g/mol. The van der Waals surface area contributed by atoms with Crippen LogP contribution in [0.3, 0.4) is 0 Å². The molecule has 1 aromatic heterocycles. The van der Waals surface area contributed by atoms with Crippen LogP contribution in [0.1, 0.15) is 109 Å². The summed E-state index contributed by atoms with van der Waals surface area (Å²) in [7, 11) is 0. The van der Waals surface area contributed by atoms with Crippen LogP contribution in [0, 0.1) is 27.6 Å². The van der Waals surface area contributed by atoms with Gasteiger partial charge in [0.2, 0.25) is 29.9 Å². The first-order valence-corrected chi connectivity index (χ1v) is 18.0. The van der Waals surface area contributed by atoms with Crippen molar-refractivity contribution >= 4 is 35.3 Å². The largest absolute Gasteiger partial charge is 0.363 e. The Bertz CT molecular complexity index is 1540. The summed E-state index contributed by atoms with van der Waals surface area (Å²) in [6.07, 6.45) is 7.22. The SMILES string of the molecule is CC(C)(C)C(NC(=O)[C@@H](NC(=O)c1cnccn1)C1CCCCC1)C(=O)N1CC2(C[C@H]1C(=O)NC(CC(F)F)C(=O)C(N)=O)C(C)(C)C21CCC1. The highest BCUT2D eigenvalue weighted by Gasteiger charge is 2.85. The number of hydrogen-bond donors (Lipinski definition) is 4. The number of halogens is 2. The minimum atomic E-state index is -3.01. The van der Waals surface area contributed by atoms with E-state index in [4.69, 9.17) is 5.73 Å². The number of nitrogens with one attached hydrogen (secondary N) is 3. The van der Waals surface area contributed by atoms with Gasteiger partial charge in [-0.3, -0.25) is 33.8 Å². The van der Waals surface area contributed by atoms with Crippen molar-refractivity contribution in [1.82, 2.24) is 30.8 Å². The molecule has 4 aliphatic rings. The van der Waals surface area contributed by atoms with E-state index in [1.165, 1.54) is 23.5 Å². The van der Waals surface area contributed by atoms with E-state index < -0.39 is 83.2 Å². The number of nitrogens with zero attached hydrogens (tertiary/aromatic N) is 3. The Morgan fingerprint density at radius 2 is 1.63 bits per heavy atom. The second-order valence-corrected chi connectivity index (χ2v) is 16.5. The first-order valence-electron chi connectivity index (χ1n) is 18.0. The highest BCUT2D eigenvalue weighted by atomic mass is 19.3. The zero-order chi connectivity index (χ0) is 37.5. The Kier molecular flexibility index (Phi) is 10.6. The second kappa shape index (κ2) is 14.2. The summed E-state index contributed by atoms with van der Waals surface area (Å²) < 4.78 is 26.9. The van der Waals surface area contributed by atoms with Gasteiger partial charge in [-0.05, 0) is 54.3 Å². The summed E-state index contributed by atoms with van der Waals surface area (Å²) in [6, 6.07) is -5.15. The number of ketones is 1. The fourth-order valence-electron chi connectivity index (χ4n) is 9.46. The molecule has 3 saturated carbocycles. The fraction of sp³-hybridized carbons (Fsp3) is 0.722. The molecular weight excluding hydrogens is 664 g/mol. The number of nitrogens with two attached hydrogens (primary N) is 1. The molecule has 13 nitrogen and oxygen atoms in total. The van der Waals surface area contributed by atoms with E-state index in [1.807, 2.05) is 0 Å². The van der Waals surface area contributed by atoms with E-state index >= 15 is 0 Å². The predicted molar refractivity (Wildman–Crippen MR) is 181 cm³/mol. The van der Waals surface area contributed by atoms with Crippen molar-refractivity contribution in [3.63, 3.8) is 0 Å². The van der Waals surface area contributed by atoms with Crippen molar-refractivity contribution in [1.29, 1.82) is 0 Å². The zero-order valence-corrected chi connectivity index (χ0v) is 30.1. The van der Waals surface area contributed by atoms with Crippen LogP contribution in [0.15, 0.2) is 18.6 Å². The number of hydrogen-bond acceptors (Lipinski definition) is 8. The molecule has 5 N–H and O–H groups in total. The molecule has 280 valence electrons. The van der Waals surface area contributed by atoms with Crippen LogP contribution in [0.5, 0.6) is 0 Å². The van der Waals surface area contributed by atoms with Crippen LogP contribution < -0.4 is 21.7 Å². The van der Waals surface area contributed by atoms with E-state index in [0.29, 0.717) is 12.8 Å². The normalized spacial score (nSPS) is 25.4. The molecular formula is C36H51F2N7O6. The first kappa shape index (κ1) is 38.2. The predicted octanol–water partition coefficient (Wildman–Crippen LogP) is 2.68. The van der Waals surface area contributed by atoms with E-state index in [9.17, 15) is 37.5 Å². The number of amides is 5.